The number of nitro groups is 1. The highest BCUT2D eigenvalue weighted by molar-refractivity contribution is 6.53. The molecule has 0 aliphatic rings. The number of hydrogen-bond acceptors (Lipinski definition) is 6. The number of aliphatic hydroxyl groups excluding tert-OH is 1. The summed E-state index contributed by atoms with van der Waals surface area (Å²) in [5, 5.41) is 23.8. The van der Waals surface area contributed by atoms with Gasteiger partial charge in [-0.2, -0.15) is 0 Å². The standard InChI is InChI=1S/C21H30Cl2N2O6/c1-2-3-4-5-6-7-8-9-18(26)31-14-17(24-21(28)20(22)23)19(27)15-10-12-16(13-11-15)25(29)30/h10-13,17,19-20,27H,2-9,14H2,1H3,(H,24,28)/t17-,19-/m1/s1. The van der Waals surface area contributed by atoms with Crippen molar-refractivity contribution in [2.75, 3.05) is 6.61 Å². The zero-order valence-electron chi connectivity index (χ0n) is 17.6. The summed E-state index contributed by atoms with van der Waals surface area (Å²) >= 11 is 11.1. The average molecular weight is 477 g/mol. The van der Waals surface area contributed by atoms with Crippen LogP contribution in [0.15, 0.2) is 24.3 Å². The lowest BCUT2D eigenvalue weighted by molar-refractivity contribution is -0.384. The number of amides is 1. The number of non-ortho nitro benzene ring substituents is 1. The van der Waals surface area contributed by atoms with Crippen LogP contribution in [0.5, 0.6) is 0 Å². The minimum Gasteiger partial charge on any atom is -0.463 e. The van der Waals surface area contributed by atoms with Crippen LogP contribution < -0.4 is 5.32 Å². The number of unbranched alkanes of at least 4 members (excludes halogenated alkanes) is 6. The lowest BCUT2D eigenvalue weighted by Gasteiger charge is -2.24. The van der Waals surface area contributed by atoms with Crippen molar-refractivity contribution in [2.24, 2.45) is 0 Å². The summed E-state index contributed by atoms with van der Waals surface area (Å²) in [6.07, 6.45) is 6.42. The minimum absolute atomic E-state index is 0.140. The van der Waals surface area contributed by atoms with E-state index >= 15 is 0 Å². The Bertz CT molecular complexity index is 700. The molecule has 10 heteroatoms. The first-order valence-electron chi connectivity index (χ1n) is 10.4. The number of benzene rings is 1. The summed E-state index contributed by atoms with van der Waals surface area (Å²) in [6, 6.07) is 4.17. The molecule has 1 rings (SSSR count). The Morgan fingerprint density at radius 2 is 1.68 bits per heavy atom. The van der Waals surface area contributed by atoms with Crippen LogP contribution in [-0.4, -0.2) is 39.4 Å². The van der Waals surface area contributed by atoms with Gasteiger partial charge < -0.3 is 15.2 Å². The topological polar surface area (TPSA) is 119 Å². The van der Waals surface area contributed by atoms with Gasteiger partial charge in [0, 0.05) is 18.6 Å². The van der Waals surface area contributed by atoms with E-state index in [0.29, 0.717) is 12.0 Å². The number of nitrogens with one attached hydrogen (secondary N) is 1. The number of halogens is 2. The Morgan fingerprint density at radius 3 is 2.23 bits per heavy atom. The number of carbonyl (C=O) groups excluding carboxylic acids is 2. The molecular formula is C21H30Cl2N2O6. The molecule has 0 bridgehead atoms. The third-order valence-electron chi connectivity index (χ3n) is 4.76. The van der Waals surface area contributed by atoms with E-state index in [-0.39, 0.29) is 18.7 Å². The maximum absolute atomic E-state index is 12.0. The molecule has 0 aromatic heterocycles. The van der Waals surface area contributed by atoms with Gasteiger partial charge in [0.25, 0.3) is 11.6 Å². The Kier molecular flexibility index (Phi) is 13.1. The number of ether oxygens (including phenoxy) is 1. The van der Waals surface area contributed by atoms with E-state index in [1.807, 2.05) is 0 Å². The predicted molar refractivity (Wildman–Crippen MR) is 119 cm³/mol. The molecule has 31 heavy (non-hydrogen) atoms. The first kappa shape index (κ1) is 27.1. The molecule has 0 saturated heterocycles. The van der Waals surface area contributed by atoms with E-state index in [9.17, 15) is 24.8 Å². The quantitative estimate of drug-likeness (QED) is 0.125. The summed E-state index contributed by atoms with van der Waals surface area (Å²) < 4.78 is 5.23. The molecule has 1 amide bonds. The summed E-state index contributed by atoms with van der Waals surface area (Å²) in [4.78, 5) is 32.8. The fourth-order valence-electron chi connectivity index (χ4n) is 2.96. The van der Waals surface area contributed by atoms with Gasteiger partial charge in [-0.1, -0.05) is 68.7 Å². The van der Waals surface area contributed by atoms with E-state index in [2.05, 4.69) is 12.2 Å². The van der Waals surface area contributed by atoms with Crippen molar-refractivity contribution in [3.05, 3.63) is 39.9 Å². The summed E-state index contributed by atoms with van der Waals surface area (Å²) in [7, 11) is 0. The smallest absolute Gasteiger partial charge is 0.305 e. The zero-order valence-corrected chi connectivity index (χ0v) is 19.1. The van der Waals surface area contributed by atoms with Crippen molar-refractivity contribution in [3.63, 3.8) is 0 Å². The molecule has 8 nitrogen and oxygen atoms in total. The van der Waals surface area contributed by atoms with Crippen LogP contribution in [-0.2, 0) is 14.3 Å². The van der Waals surface area contributed by atoms with Gasteiger partial charge in [0.05, 0.1) is 11.0 Å². The van der Waals surface area contributed by atoms with E-state index in [0.717, 1.165) is 19.3 Å². The highest BCUT2D eigenvalue weighted by atomic mass is 35.5. The van der Waals surface area contributed by atoms with Crippen LogP contribution in [0, 0.1) is 10.1 Å². The van der Waals surface area contributed by atoms with Crippen molar-refractivity contribution in [1.29, 1.82) is 0 Å². The molecule has 0 heterocycles. The number of nitrogens with zero attached hydrogens (tertiary/aromatic N) is 1. The number of esters is 1. The molecule has 1 aromatic carbocycles. The highest BCUT2D eigenvalue weighted by Crippen LogP contribution is 2.21. The van der Waals surface area contributed by atoms with E-state index < -0.39 is 33.8 Å². The fourth-order valence-corrected chi connectivity index (χ4v) is 3.09. The monoisotopic (exact) mass is 476 g/mol. The van der Waals surface area contributed by atoms with Gasteiger partial charge in [-0.3, -0.25) is 19.7 Å². The van der Waals surface area contributed by atoms with E-state index in [1.54, 1.807) is 0 Å². The van der Waals surface area contributed by atoms with Crippen molar-refractivity contribution in [1.82, 2.24) is 5.32 Å². The van der Waals surface area contributed by atoms with Crippen LogP contribution in [0.25, 0.3) is 0 Å². The van der Waals surface area contributed by atoms with Gasteiger partial charge in [-0.05, 0) is 24.1 Å². The minimum atomic E-state index is -1.37. The van der Waals surface area contributed by atoms with E-state index in [4.69, 9.17) is 27.9 Å². The van der Waals surface area contributed by atoms with Crippen LogP contribution >= 0.6 is 23.2 Å². The Morgan fingerprint density at radius 1 is 1.10 bits per heavy atom. The number of rotatable bonds is 15. The number of nitro benzene ring substituents is 1. The maximum atomic E-state index is 12.0. The van der Waals surface area contributed by atoms with Crippen molar-refractivity contribution >= 4 is 40.8 Å². The van der Waals surface area contributed by atoms with Gasteiger partial charge in [0.1, 0.15) is 12.7 Å². The molecule has 0 aliphatic carbocycles. The van der Waals surface area contributed by atoms with Crippen LogP contribution in [0.1, 0.15) is 70.0 Å². The summed E-state index contributed by atoms with van der Waals surface area (Å²) in [6.45, 7) is 1.87. The lowest BCUT2D eigenvalue weighted by Crippen LogP contribution is -2.45. The Hall–Kier alpha value is -1.90. The second kappa shape index (κ2) is 15.0. The molecule has 1 aromatic rings. The molecule has 0 fully saturated rings. The SMILES string of the molecule is CCCCCCCCCC(=O)OC[C@@H](NC(=O)C(Cl)Cl)[C@H](O)c1ccc([N+](=O)[O-])cc1. The highest BCUT2D eigenvalue weighted by Gasteiger charge is 2.27. The molecule has 0 radical (unpaired) electrons. The zero-order chi connectivity index (χ0) is 23.2. The molecule has 0 unspecified atom stereocenters. The number of alkyl halides is 2. The third kappa shape index (κ3) is 10.8. The van der Waals surface area contributed by atoms with Crippen LogP contribution in [0.4, 0.5) is 5.69 Å². The van der Waals surface area contributed by atoms with Crippen molar-refractivity contribution in [2.45, 2.75) is 75.3 Å². The molecule has 0 spiro atoms. The number of hydrogen-bond donors (Lipinski definition) is 2. The second-order valence-corrected chi connectivity index (χ2v) is 8.36. The normalized spacial score (nSPS) is 12.9. The lowest BCUT2D eigenvalue weighted by atomic mass is 10.0. The van der Waals surface area contributed by atoms with Gasteiger partial charge in [-0.15, -0.1) is 0 Å². The largest absolute Gasteiger partial charge is 0.463 e. The predicted octanol–water partition coefficient (Wildman–Crippen LogP) is 4.60. The molecule has 0 saturated carbocycles. The van der Waals surface area contributed by atoms with Crippen molar-refractivity contribution < 1.29 is 24.4 Å². The number of carbonyl (C=O) groups is 2. The van der Waals surface area contributed by atoms with Gasteiger partial charge >= 0.3 is 5.97 Å². The van der Waals surface area contributed by atoms with Crippen LogP contribution in [0.2, 0.25) is 0 Å². The second-order valence-electron chi connectivity index (χ2n) is 7.26. The van der Waals surface area contributed by atoms with Crippen LogP contribution in [0.3, 0.4) is 0 Å². The summed E-state index contributed by atoms with van der Waals surface area (Å²) in [5.74, 6) is -1.19. The first-order valence-corrected chi connectivity index (χ1v) is 11.3. The molecule has 2 atom stereocenters. The van der Waals surface area contributed by atoms with Gasteiger partial charge in [0.2, 0.25) is 0 Å². The van der Waals surface area contributed by atoms with Crippen molar-refractivity contribution in [3.8, 4) is 0 Å². The molecule has 0 aliphatic heterocycles. The fraction of sp³-hybridized carbons (Fsp3) is 0.619. The Balaban J connectivity index is 2.60. The number of aliphatic hydroxyl groups is 1. The maximum Gasteiger partial charge on any atom is 0.305 e. The first-order chi connectivity index (χ1) is 14.8. The summed E-state index contributed by atoms with van der Waals surface area (Å²) in [5.41, 5.74) is 0.166. The average Bonchev–Trinajstić information content (AvgIpc) is 2.75. The van der Waals surface area contributed by atoms with E-state index in [1.165, 1.54) is 43.5 Å². The van der Waals surface area contributed by atoms with Gasteiger partial charge in [-0.25, -0.2) is 0 Å². The van der Waals surface area contributed by atoms with Gasteiger partial charge in [0.15, 0.2) is 4.84 Å². The molecule has 174 valence electrons. The molecule has 2 N–H and O–H groups in total. The third-order valence-corrected chi connectivity index (χ3v) is 5.16. The Labute approximate surface area is 192 Å². The molecular weight excluding hydrogens is 447 g/mol.